The molecular formula is C18H19BrN6O3. The Hall–Kier alpha value is -2.59. The van der Waals surface area contributed by atoms with Gasteiger partial charge in [-0.3, -0.25) is 14.2 Å². The number of benzene rings is 1. The van der Waals surface area contributed by atoms with Crippen molar-refractivity contribution in [2.45, 2.75) is 32.6 Å². The van der Waals surface area contributed by atoms with Crippen molar-refractivity contribution in [2.75, 3.05) is 13.1 Å². The fraction of sp³-hybridized carbons (Fsp3) is 0.389. The van der Waals surface area contributed by atoms with Crippen molar-refractivity contribution in [1.82, 2.24) is 29.4 Å². The molecule has 2 atom stereocenters. The average Bonchev–Trinajstić information content (AvgIpc) is 3.08. The Morgan fingerprint density at radius 3 is 2.57 bits per heavy atom. The van der Waals surface area contributed by atoms with Crippen LogP contribution in [0.2, 0.25) is 0 Å². The van der Waals surface area contributed by atoms with Crippen LogP contribution < -0.4 is 5.56 Å². The first kappa shape index (κ1) is 18.8. The van der Waals surface area contributed by atoms with Gasteiger partial charge in [-0.1, -0.05) is 21.1 Å². The summed E-state index contributed by atoms with van der Waals surface area (Å²) < 4.78 is 9.36. The fourth-order valence-corrected chi connectivity index (χ4v) is 3.60. The molecule has 1 fully saturated rings. The Labute approximate surface area is 169 Å². The first-order valence-electron chi connectivity index (χ1n) is 8.92. The monoisotopic (exact) mass is 446 g/mol. The van der Waals surface area contributed by atoms with Crippen LogP contribution in [0.1, 0.15) is 13.8 Å². The molecule has 1 aliphatic heterocycles. The lowest BCUT2D eigenvalue weighted by atomic mass is 10.2. The molecule has 2 aromatic heterocycles. The van der Waals surface area contributed by atoms with Gasteiger partial charge in [-0.25, -0.2) is 4.98 Å². The maximum absolute atomic E-state index is 12.8. The molecule has 0 unspecified atom stereocenters. The summed E-state index contributed by atoms with van der Waals surface area (Å²) in [5, 5.41) is 8.03. The molecule has 0 radical (unpaired) electrons. The summed E-state index contributed by atoms with van der Waals surface area (Å²) >= 11 is 3.38. The van der Waals surface area contributed by atoms with Crippen molar-refractivity contribution in [3.8, 4) is 5.69 Å². The number of morpholine rings is 1. The summed E-state index contributed by atoms with van der Waals surface area (Å²) in [6.07, 6.45) is 1.31. The number of hydrogen-bond acceptors (Lipinski definition) is 6. The van der Waals surface area contributed by atoms with Crippen LogP contribution in [0.3, 0.4) is 0 Å². The Balaban J connectivity index is 1.61. The van der Waals surface area contributed by atoms with Gasteiger partial charge in [0.15, 0.2) is 11.2 Å². The Morgan fingerprint density at radius 1 is 1.21 bits per heavy atom. The van der Waals surface area contributed by atoms with E-state index in [1.165, 1.54) is 15.6 Å². The van der Waals surface area contributed by atoms with E-state index in [-0.39, 0.29) is 30.2 Å². The first-order valence-corrected chi connectivity index (χ1v) is 9.71. The zero-order valence-electron chi connectivity index (χ0n) is 15.4. The normalized spacial score (nSPS) is 19.9. The topological polar surface area (TPSA) is 95.1 Å². The first-order chi connectivity index (χ1) is 13.4. The average molecular weight is 447 g/mol. The summed E-state index contributed by atoms with van der Waals surface area (Å²) in [5.41, 5.74) is 0.824. The highest BCUT2D eigenvalue weighted by molar-refractivity contribution is 9.10. The number of nitrogens with zero attached hydrogens (tertiary/aromatic N) is 6. The van der Waals surface area contributed by atoms with Crippen molar-refractivity contribution in [2.24, 2.45) is 0 Å². The quantitative estimate of drug-likeness (QED) is 0.602. The molecule has 0 bridgehead atoms. The third-order valence-electron chi connectivity index (χ3n) is 4.58. The van der Waals surface area contributed by atoms with Crippen LogP contribution in [0.5, 0.6) is 0 Å². The number of rotatable bonds is 3. The SMILES string of the molecule is C[C@@H]1CN(C(=O)Cn2cnc3c(nnn3-c3ccc(Br)cc3)c2=O)C[C@H](C)O1. The Kier molecular flexibility index (Phi) is 4.98. The molecule has 3 heterocycles. The van der Waals surface area contributed by atoms with Crippen LogP contribution >= 0.6 is 15.9 Å². The predicted octanol–water partition coefficient (Wildman–Crippen LogP) is 1.38. The van der Waals surface area contributed by atoms with Crippen LogP contribution in [-0.4, -0.2) is 60.6 Å². The van der Waals surface area contributed by atoms with E-state index in [1.807, 2.05) is 38.1 Å². The molecular weight excluding hydrogens is 428 g/mol. The predicted molar refractivity (Wildman–Crippen MR) is 105 cm³/mol. The molecule has 1 amide bonds. The molecule has 1 aromatic carbocycles. The van der Waals surface area contributed by atoms with Crippen LogP contribution in [0, 0.1) is 0 Å². The van der Waals surface area contributed by atoms with Gasteiger partial charge in [0.25, 0.3) is 5.56 Å². The van der Waals surface area contributed by atoms with E-state index in [0.717, 1.165) is 10.2 Å². The van der Waals surface area contributed by atoms with Gasteiger partial charge in [0.1, 0.15) is 12.9 Å². The third kappa shape index (κ3) is 3.57. The summed E-state index contributed by atoms with van der Waals surface area (Å²) in [4.78, 5) is 31.5. The van der Waals surface area contributed by atoms with Gasteiger partial charge in [0.2, 0.25) is 5.91 Å². The van der Waals surface area contributed by atoms with E-state index >= 15 is 0 Å². The maximum Gasteiger partial charge on any atom is 0.284 e. The minimum absolute atomic E-state index is 0.0316. The van der Waals surface area contributed by atoms with Crippen molar-refractivity contribution in [1.29, 1.82) is 0 Å². The van der Waals surface area contributed by atoms with Gasteiger partial charge in [-0.05, 0) is 38.1 Å². The Bertz CT molecular complexity index is 1070. The lowest BCUT2D eigenvalue weighted by Gasteiger charge is -2.35. The highest BCUT2D eigenvalue weighted by atomic mass is 79.9. The van der Waals surface area contributed by atoms with E-state index in [0.29, 0.717) is 18.7 Å². The lowest BCUT2D eigenvalue weighted by molar-refractivity contribution is -0.143. The number of amides is 1. The molecule has 28 heavy (non-hydrogen) atoms. The molecule has 0 spiro atoms. The number of carbonyl (C=O) groups excluding carboxylic acids is 1. The Morgan fingerprint density at radius 2 is 1.89 bits per heavy atom. The number of halogens is 1. The summed E-state index contributed by atoms with van der Waals surface area (Å²) in [6, 6.07) is 7.42. The van der Waals surface area contributed by atoms with Crippen molar-refractivity contribution < 1.29 is 9.53 Å². The molecule has 9 nitrogen and oxygen atoms in total. The fourth-order valence-electron chi connectivity index (χ4n) is 3.34. The second-order valence-electron chi connectivity index (χ2n) is 6.88. The number of ether oxygens (including phenoxy) is 1. The molecule has 0 N–H and O–H groups in total. The number of fused-ring (bicyclic) bond motifs is 1. The lowest BCUT2D eigenvalue weighted by Crippen LogP contribution is -2.49. The van der Waals surface area contributed by atoms with E-state index in [1.54, 1.807) is 4.90 Å². The second-order valence-corrected chi connectivity index (χ2v) is 7.80. The zero-order valence-corrected chi connectivity index (χ0v) is 17.0. The largest absolute Gasteiger partial charge is 0.372 e. The molecule has 146 valence electrons. The van der Waals surface area contributed by atoms with Crippen molar-refractivity contribution in [3.63, 3.8) is 0 Å². The van der Waals surface area contributed by atoms with E-state index in [9.17, 15) is 9.59 Å². The van der Waals surface area contributed by atoms with Gasteiger partial charge >= 0.3 is 0 Å². The van der Waals surface area contributed by atoms with E-state index in [4.69, 9.17) is 4.74 Å². The maximum atomic E-state index is 12.8. The van der Waals surface area contributed by atoms with Crippen LogP contribution in [0.4, 0.5) is 0 Å². The van der Waals surface area contributed by atoms with Gasteiger partial charge in [0.05, 0.1) is 17.9 Å². The highest BCUT2D eigenvalue weighted by Gasteiger charge is 2.26. The number of carbonyl (C=O) groups is 1. The molecule has 4 rings (SSSR count). The van der Waals surface area contributed by atoms with E-state index in [2.05, 4.69) is 31.2 Å². The van der Waals surface area contributed by atoms with Crippen LogP contribution in [0.25, 0.3) is 16.9 Å². The van der Waals surface area contributed by atoms with Crippen LogP contribution in [0.15, 0.2) is 39.9 Å². The summed E-state index contributed by atoms with van der Waals surface area (Å²) in [6.45, 7) is 4.78. The van der Waals surface area contributed by atoms with Gasteiger partial charge in [-0.15, -0.1) is 5.10 Å². The summed E-state index contributed by atoms with van der Waals surface area (Å²) in [7, 11) is 0. The van der Waals surface area contributed by atoms with E-state index < -0.39 is 5.56 Å². The molecule has 10 heteroatoms. The van der Waals surface area contributed by atoms with Crippen LogP contribution in [-0.2, 0) is 16.1 Å². The van der Waals surface area contributed by atoms with Gasteiger partial charge in [0, 0.05) is 17.6 Å². The van der Waals surface area contributed by atoms with Gasteiger partial charge in [-0.2, -0.15) is 4.68 Å². The smallest absolute Gasteiger partial charge is 0.284 e. The van der Waals surface area contributed by atoms with Gasteiger partial charge < -0.3 is 9.64 Å². The standard InChI is InChI=1S/C18H19BrN6O3/c1-11-7-23(8-12(2)28-11)15(26)9-24-10-20-17-16(18(24)27)21-22-25(17)14-5-3-13(19)4-6-14/h3-6,10-12H,7-9H2,1-2H3/t11-,12+. The summed E-state index contributed by atoms with van der Waals surface area (Å²) in [5.74, 6) is -0.148. The molecule has 0 saturated carbocycles. The molecule has 3 aromatic rings. The third-order valence-corrected chi connectivity index (χ3v) is 5.11. The minimum atomic E-state index is -0.393. The molecule has 0 aliphatic carbocycles. The molecule has 1 aliphatic rings. The molecule has 1 saturated heterocycles. The van der Waals surface area contributed by atoms with Crippen molar-refractivity contribution in [3.05, 3.63) is 45.4 Å². The number of aromatic nitrogens is 5. The number of hydrogen-bond donors (Lipinski definition) is 0. The highest BCUT2D eigenvalue weighted by Crippen LogP contribution is 2.16. The second kappa shape index (κ2) is 7.44. The zero-order chi connectivity index (χ0) is 19.8. The minimum Gasteiger partial charge on any atom is -0.372 e. The van der Waals surface area contributed by atoms with Crippen molar-refractivity contribution >= 4 is 33.0 Å².